The van der Waals surface area contributed by atoms with Gasteiger partial charge in [-0.2, -0.15) is 0 Å². The number of hydrogen-bond acceptors (Lipinski definition) is 1. The van der Waals surface area contributed by atoms with Gasteiger partial charge in [0.15, 0.2) is 0 Å². The Morgan fingerprint density at radius 3 is 1.49 bits per heavy atom. The van der Waals surface area contributed by atoms with Crippen LogP contribution in [0.2, 0.25) is 0 Å². The summed E-state index contributed by atoms with van der Waals surface area (Å²) in [5.74, 6) is 0. The zero-order valence-electron chi connectivity index (χ0n) is 47.1. The van der Waals surface area contributed by atoms with Crippen LogP contribution in [0.1, 0.15) is 44.5 Å². The molecular weight excluding hydrogens is 1040 g/mol. The number of benzene rings is 14. The molecule has 86 heavy (non-hydrogen) atoms. The van der Waals surface area contributed by atoms with Crippen molar-refractivity contribution in [3.8, 4) is 61.3 Å². The van der Waals surface area contributed by atoms with Crippen molar-refractivity contribution in [3.05, 3.63) is 372 Å². The lowest BCUT2D eigenvalue weighted by atomic mass is 9.65. The number of rotatable bonds is 8. The van der Waals surface area contributed by atoms with E-state index in [1.165, 1.54) is 127 Å². The summed E-state index contributed by atoms with van der Waals surface area (Å²) in [6.07, 6.45) is 0. The van der Waals surface area contributed by atoms with Gasteiger partial charge in [-0.1, -0.05) is 273 Å². The highest BCUT2D eigenvalue weighted by Gasteiger charge is 2.51. The second kappa shape index (κ2) is 18.7. The molecule has 0 saturated heterocycles. The van der Waals surface area contributed by atoms with E-state index in [1.807, 2.05) is 0 Å². The lowest BCUT2D eigenvalue weighted by Gasteiger charge is -2.39. The Bertz CT molecular complexity index is 5190. The lowest BCUT2D eigenvalue weighted by Crippen LogP contribution is -2.33. The third-order valence-corrected chi connectivity index (χ3v) is 19.3. The van der Waals surface area contributed by atoms with Gasteiger partial charge in [0.05, 0.1) is 33.2 Å². The van der Waals surface area contributed by atoms with Crippen LogP contribution in [0.4, 0.5) is 17.1 Å². The maximum atomic E-state index is 2.53. The van der Waals surface area contributed by atoms with Crippen molar-refractivity contribution < 1.29 is 0 Å². The smallest absolute Gasteiger partial charge is 0.0754 e. The van der Waals surface area contributed by atoms with Crippen molar-refractivity contribution in [3.63, 3.8) is 0 Å². The number of para-hydroxylation sites is 4. The minimum absolute atomic E-state index is 0.528. The van der Waals surface area contributed by atoms with E-state index in [1.54, 1.807) is 0 Å². The Hall–Kier alpha value is -11.1. The SMILES string of the molecule is c1ccc(-c2ccc(-c3ccccc3N(c3ccc4c(c3)C(c3ccccc3)(c3ccccc3)c3ccccc3-4)c3ccc4cc(-c5ccc6c(c5)C5(c7ccccc7-6)c6ccccc6-n6c7ccccc7c7cccc5c76)ccc4c3)cc2)cc1. The third-order valence-electron chi connectivity index (χ3n) is 19.3. The first-order valence-corrected chi connectivity index (χ1v) is 30.0. The summed E-state index contributed by atoms with van der Waals surface area (Å²) in [5, 5.41) is 4.92. The molecule has 18 rings (SSSR count). The van der Waals surface area contributed by atoms with E-state index in [4.69, 9.17) is 0 Å². The van der Waals surface area contributed by atoms with Crippen LogP contribution in [0.5, 0.6) is 0 Å². The van der Waals surface area contributed by atoms with Gasteiger partial charge < -0.3 is 9.47 Å². The van der Waals surface area contributed by atoms with E-state index in [-0.39, 0.29) is 0 Å². The van der Waals surface area contributed by atoms with Gasteiger partial charge in [-0.05, 0) is 160 Å². The maximum absolute atomic E-state index is 2.53. The molecule has 15 aromatic rings. The number of nitrogens with zero attached hydrogens (tertiary/aromatic N) is 2. The average molecular weight is 1090 g/mol. The van der Waals surface area contributed by atoms with Gasteiger partial charge >= 0.3 is 0 Å². The maximum Gasteiger partial charge on any atom is 0.0754 e. The molecule has 0 radical (unpaired) electrons. The lowest BCUT2D eigenvalue weighted by molar-refractivity contribution is 0.749. The minimum Gasteiger partial charge on any atom is -0.310 e. The minimum atomic E-state index is -0.559. The van der Waals surface area contributed by atoms with Crippen LogP contribution in [0, 0.1) is 0 Å². The van der Waals surface area contributed by atoms with Gasteiger partial charge in [0.2, 0.25) is 0 Å². The standard InChI is InChI=1S/C84H54N2/c1-4-21-55(22-5-1)56-39-41-57(42-40-56)66-27-12-17-36-79(66)85(65-48-50-70-67-28-10-14-32-73(67)83(78(70)54-65,62-23-6-2-7-24-62)63-25-8-3-9-26-63)64-47-45-59-51-58(43-44-60(59)52-64)61-46-49-69-68-29-11-15-33-74(68)84(77(69)53-61)75-34-16-19-38-81(75)86-80-37-18-13-30-71(80)72-31-20-35-76(84)82(72)86/h1-54H. The Balaban J connectivity index is 0.809. The van der Waals surface area contributed by atoms with Crippen LogP contribution < -0.4 is 4.90 Å². The summed E-state index contributed by atoms with van der Waals surface area (Å²) in [6, 6.07) is 123. The van der Waals surface area contributed by atoms with E-state index >= 15 is 0 Å². The van der Waals surface area contributed by atoms with E-state index in [2.05, 4.69) is 337 Å². The van der Waals surface area contributed by atoms with E-state index in [0.29, 0.717) is 0 Å². The molecule has 0 bridgehead atoms. The van der Waals surface area contributed by atoms with Crippen molar-refractivity contribution in [1.82, 2.24) is 4.57 Å². The van der Waals surface area contributed by atoms with Crippen molar-refractivity contribution in [2.75, 3.05) is 4.90 Å². The van der Waals surface area contributed by atoms with Crippen LogP contribution in [0.25, 0.3) is 93.9 Å². The predicted molar refractivity (Wildman–Crippen MR) is 357 cm³/mol. The largest absolute Gasteiger partial charge is 0.310 e. The van der Waals surface area contributed by atoms with Crippen LogP contribution in [-0.2, 0) is 10.8 Å². The molecule has 2 aliphatic carbocycles. The monoisotopic (exact) mass is 1090 g/mol. The second-order valence-electron chi connectivity index (χ2n) is 23.4. The molecule has 2 nitrogen and oxygen atoms in total. The van der Waals surface area contributed by atoms with E-state index in [9.17, 15) is 0 Å². The van der Waals surface area contributed by atoms with Gasteiger partial charge in [-0.3, -0.25) is 0 Å². The molecule has 0 amide bonds. The molecule has 1 aromatic heterocycles. The van der Waals surface area contributed by atoms with Gasteiger partial charge in [-0.15, -0.1) is 0 Å². The predicted octanol–water partition coefficient (Wildman–Crippen LogP) is 21.4. The summed E-state index contributed by atoms with van der Waals surface area (Å²) >= 11 is 0. The van der Waals surface area contributed by atoms with Crippen LogP contribution in [-0.4, -0.2) is 4.57 Å². The van der Waals surface area contributed by atoms with Crippen molar-refractivity contribution in [2.45, 2.75) is 10.8 Å². The van der Waals surface area contributed by atoms with E-state index in [0.717, 1.165) is 28.2 Å². The highest BCUT2D eigenvalue weighted by Crippen LogP contribution is 2.62. The molecule has 2 heteroatoms. The Kier molecular flexibility index (Phi) is 10.6. The fourth-order valence-corrected chi connectivity index (χ4v) is 15.7. The molecule has 1 unspecified atom stereocenters. The summed E-state index contributed by atoms with van der Waals surface area (Å²) in [6.45, 7) is 0. The fourth-order valence-electron chi connectivity index (χ4n) is 15.7. The first-order valence-electron chi connectivity index (χ1n) is 30.0. The third kappa shape index (κ3) is 6.78. The van der Waals surface area contributed by atoms with Crippen molar-refractivity contribution >= 4 is 49.6 Å². The molecule has 1 aliphatic heterocycles. The molecule has 2 heterocycles. The average Bonchev–Trinajstić information content (AvgIpc) is 1.50. The topological polar surface area (TPSA) is 8.17 Å². The highest BCUT2D eigenvalue weighted by molar-refractivity contribution is 6.13. The van der Waals surface area contributed by atoms with Gasteiger partial charge in [0.25, 0.3) is 0 Å². The molecule has 0 fully saturated rings. The first-order chi connectivity index (χ1) is 42.7. The van der Waals surface area contributed by atoms with Gasteiger partial charge in [0, 0.05) is 27.7 Å². The van der Waals surface area contributed by atoms with Crippen LogP contribution >= 0.6 is 0 Å². The quantitative estimate of drug-likeness (QED) is 0.147. The van der Waals surface area contributed by atoms with Gasteiger partial charge in [-0.25, -0.2) is 0 Å². The molecular formula is C84H54N2. The Morgan fingerprint density at radius 2 is 0.733 bits per heavy atom. The Labute approximate surface area is 500 Å². The molecule has 0 saturated carbocycles. The number of anilines is 3. The zero-order valence-corrected chi connectivity index (χ0v) is 47.1. The highest BCUT2D eigenvalue weighted by atomic mass is 15.1. The number of fused-ring (bicyclic) bond motifs is 16. The number of aromatic nitrogens is 1. The summed E-state index contributed by atoms with van der Waals surface area (Å²) in [4.78, 5) is 2.50. The second-order valence-corrected chi connectivity index (χ2v) is 23.4. The molecule has 0 N–H and O–H groups in total. The first kappa shape index (κ1) is 48.5. The number of hydrogen-bond donors (Lipinski definition) is 0. The van der Waals surface area contributed by atoms with Crippen LogP contribution in [0.3, 0.4) is 0 Å². The molecule has 400 valence electrons. The van der Waals surface area contributed by atoms with Crippen molar-refractivity contribution in [1.29, 1.82) is 0 Å². The Morgan fingerprint density at radius 1 is 0.256 bits per heavy atom. The summed E-state index contributed by atoms with van der Waals surface area (Å²) < 4.78 is 2.53. The van der Waals surface area contributed by atoms with Crippen LogP contribution in [0.15, 0.2) is 328 Å². The molecule has 1 spiro atoms. The molecule has 14 aromatic carbocycles. The van der Waals surface area contributed by atoms with Gasteiger partial charge in [0.1, 0.15) is 0 Å². The van der Waals surface area contributed by atoms with E-state index < -0.39 is 10.8 Å². The van der Waals surface area contributed by atoms with Crippen molar-refractivity contribution in [2.24, 2.45) is 0 Å². The normalized spacial score (nSPS) is 14.7. The fraction of sp³-hybridized carbons (Fsp3) is 0.0238. The molecule has 1 atom stereocenters. The summed E-state index contributed by atoms with van der Waals surface area (Å²) in [7, 11) is 0. The zero-order chi connectivity index (χ0) is 56.5. The molecule has 3 aliphatic rings. The summed E-state index contributed by atoms with van der Waals surface area (Å²) in [5.41, 5.74) is 28.5.